The molecule has 0 unspecified atom stereocenters. The van der Waals surface area contributed by atoms with Gasteiger partial charge < -0.3 is 10.1 Å². The van der Waals surface area contributed by atoms with E-state index in [1.807, 2.05) is 30.3 Å². The molecule has 0 bridgehead atoms. The highest BCUT2D eigenvalue weighted by Crippen LogP contribution is 2.22. The van der Waals surface area contributed by atoms with Crippen molar-refractivity contribution < 1.29 is 17.9 Å². The van der Waals surface area contributed by atoms with Crippen molar-refractivity contribution in [2.24, 2.45) is 0 Å². The maximum atomic E-state index is 12.9. The zero-order valence-corrected chi connectivity index (χ0v) is 16.3. The summed E-state index contributed by atoms with van der Waals surface area (Å²) >= 11 is 0. The summed E-state index contributed by atoms with van der Waals surface area (Å²) in [5.74, 6) is 0.316. The minimum absolute atomic E-state index is 0.109. The largest absolute Gasteiger partial charge is 0.496 e. The first-order valence-electron chi connectivity index (χ1n) is 8.90. The van der Waals surface area contributed by atoms with E-state index >= 15 is 0 Å². The number of carbonyl (C=O) groups is 1. The molecule has 0 aromatic heterocycles. The second-order valence-electron chi connectivity index (χ2n) is 6.78. The Morgan fingerprint density at radius 2 is 1.89 bits per heavy atom. The summed E-state index contributed by atoms with van der Waals surface area (Å²) in [6.45, 7) is 1.78. The Morgan fingerprint density at radius 1 is 1.19 bits per heavy atom. The van der Waals surface area contributed by atoms with Crippen LogP contribution >= 0.6 is 0 Å². The van der Waals surface area contributed by atoms with Crippen LogP contribution in [-0.2, 0) is 21.2 Å². The molecule has 0 heterocycles. The third-order valence-corrected chi connectivity index (χ3v) is 5.97. The molecule has 1 aliphatic carbocycles. The Morgan fingerprint density at radius 3 is 2.48 bits per heavy atom. The summed E-state index contributed by atoms with van der Waals surface area (Å²) in [6, 6.07) is 13.3. The maximum Gasteiger partial charge on any atom is 0.241 e. The number of benzene rings is 2. The highest BCUT2D eigenvalue weighted by Gasteiger charge is 2.30. The van der Waals surface area contributed by atoms with Crippen LogP contribution in [-0.4, -0.2) is 33.5 Å². The van der Waals surface area contributed by atoms with Gasteiger partial charge in [0.05, 0.1) is 12.0 Å². The van der Waals surface area contributed by atoms with E-state index in [1.54, 1.807) is 19.1 Å². The molecule has 2 aromatic rings. The van der Waals surface area contributed by atoms with Gasteiger partial charge >= 0.3 is 0 Å². The molecule has 0 saturated heterocycles. The van der Waals surface area contributed by atoms with Crippen molar-refractivity contribution in [2.45, 2.75) is 43.2 Å². The van der Waals surface area contributed by atoms with Crippen molar-refractivity contribution in [1.82, 2.24) is 10.0 Å². The molecule has 1 amide bonds. The molecule has 2 aromatic carbocycles. The van der Waals surface area contributed by atoms with Gasteiger partial charge in [-0.2, -0.15) is 4.72 Å². The number of methoxy groups -OCH3 is 1. The molecule has 2 N–H and O–H groups in total. The fourth-order valence-corrected chi connectivity index (χ4v) is 4.12. The summed E-state index contributed by atoms with van der Waals surface area (Å²) < 4.78 is 33.5. The number of sulfonamides is 1. The lowest BCUT2D eigenvalue weighted by molar-refractivity contribution is -0.122. The molecule has 1 atom stereocenters. The van der Waals surface area contributed by atoms with Crippen LogP contribution < -0.4 is 14.8 Å². The van der Waals surface area contributed by atoms with E-state index in [9.17, 15) is 13.2 Å². The summed E-state index contributed by atoms with van der Waals surface area (Å²) in [4.78, 5) is 12.7. The zero-order valence-electron chi connectivity index (χ0n) is 15.4. The van der Waals surface area contributed by atoms with E-state index in [-0.39, 0.29) is 23.3 Å². The molecule has 0 radical (unpaired) electrons. The molecule has 27 heavy (non-hydrogen) atoms. The Balaban J connectivity index is 1.82. The van der Waals surface area contributed by atoms with Gasteiger partial charge in [-0.25, -0.2) is 8.42 Å². The first-order chi connectivity index (χ1) is 12.9. The molecule has 0 spiro atoms. The summed E-state index contributed by atoms with van der Waals surface area (Å²) in [6.07, 6.45) is 2.16. The lowest BCUT2D eigenvalue weighted by atomic mass is 10.1. The number of hydrogen-bond acceptors (Lipinski definition) is 4. The van der Waals surface area contributed by atoms with Gasteiger partial charge in [0, 0.05) is 6.04 Å². The Labute approximate surface area is 160 Å². The monoisotopic (exact) mass is 388 g/mol. The van der Waals surface area contributed by atoms with Crippen molar-refractivity contribution in [1.29, 1.82) is 0 Å². The van der Waals surface area contributed by atoms with Gasteiger partial charge in [-0.15, -0.1) is 0 Å². The summed E-state index contributed by atoms with van der Waals surface area (Å²) in [7, 11) is -2.32. The lowest BCUT2D eigenvalue weighted by Gasteiger charge is -2.19. The molecule has 144 valence electrons. The van der Waals surface area contributed by atoms with E-state index in [0.717, 1.165) is 18.4 Å². The summed E-state index contributed by atoms with van der Waals surface area (Å²) in [5.41, 5.74) is 1.60. The predicted molar refractivity (Wildman–Crippen MR) is 103 cm³/mol. The highest BCUT2D eigenvalue weighted by molar-refractivity contribution is 7.89. The standard InChI is InChI=1S/C20H24N2O4S/c1-14-12-17(10-11-19(14)26-2)27(24,25)22-18(20(23)21-16-8-9-16)13-15-6-4-3-5-7-15/h3-7,10-12,16,18,22H,8-9,13H2,1-2H3,(H,21,23)/t18-/m0/s1. The van der Waals surface area contributed by atoms with E-state index in [2.05, 4.69) is 10.0 Å². The van der Waals surface area contributed by atoms with Crippen LogP contribution in [0.25, 0.3) is 0 Å². The number of aryl methyl sites for hydroxylation is 1. The van der Waals surface area contributed by atoms with Gasteiger partial charge in [-0.05, 0) is 55.5 Å². The molecule has 0 aliphatic heterocycles. The minimum Gasteiger partial charge on any atom is -0.496 e. The predicted octanol–water partition coefficient (Wildman–Crippen LogP) is 2.17. The average Bonchev–Trinajstić information content (AvgIpc) is 3.45. The molecule has 3 rings (SSSR count). The Hall–Kier alpha value is -2.38. The highest BCUT2D eigenvalue weighted by atomic mass is 32.2. The fraction of sp³-hybridized carbons (Fsp3) is 0.350. The first kappa shape index (κ1) is 19.4. The normalized spacial score (nSPS) is 15.2. The van der Waals surface area contributed by atoms with E-state index in [4.69, 9.17) is 4.74 Å². The minimum atomic E-state index is -3.85. The number of nitrogens with one attached hydrogen (secondary N) is 2. The second-order valence-corrected chi connectivity index (χ2v) is 8.49. The summed E-state index contributed by atoms with van der Waals surface area (Å²) in [5, 5.41) is 2.89. The smallest absolute Gasteiger partial charge is 0.241 e. The average molecular weight is 388 g/mol. The third-order valence-electron chi connectivity index (χ3n) is 4.50. The van der Waals surface area contributed by atoms with Gasteiger partial charge in [0.1, 0.15) is 11.8 Å². The van der Waals surface area contributed by atoms with Crippen molar-refractivity contribution in [2.75, 3.05) is 7.11 Å². The van der Waals surface area contributed by atoms with Gasteiger partial charge in [0.15, 0.2) is 0 Å². The van der Waals surface area contributed by atoms with Crippen LogP contribution in [0.3, 0.4) is 0 Å². The zero-order chi connectivity index (χ0) is 19.4. The maximum absolute atomic E-state index is 12.9. The second kappa shape index (κ2) is 8.10. The number of hydrogen-bond donors (Lipinski definition) is 2. The molecule has 1 fully saturated rings. The third kappa shape index (κ3) is 5.08. The van der Waals surface area contributed by atoms with Crippen molar-refractivity contribution in [3.63, 3.8) is 0 Å². The Bertz CT molecular complexity index is 909. The Kier molecular flexibility index (Phi) is 5.82. The lowest BCUT2D eigenvalue weighted by Crippen LogP contribution is -2.48. The van der Waals surface area contributed by atoms with E-state index in [0.29, 0.717) is 11.3 Å². The molecular formula is C20H24N2O4S. The number of rotatable bonds is 8. The molecule has 1 saturated carbocycles. The van der Waals surface area contributed by atoms with E-state index in [1.165, 1.54) is 13.2 Å². The number of amides is 1. The van der Waals surface area contributed by atoms with Gasteiger partial charge in [-0.3, -0.25) is 4.79 Å². The molecule has 6 nitrogen and oxygen atoms in total. The molecule has 7 heteroatoms. The fourth-order valence-electron chi connectivity index (χ4n) is 2.84. The van der Waals surface area contributed by atoms with E-state index < -0.39 is 16.1 Å². The molecular weight excluding hydrogens is 364 g/mol. The molecule has 1 aliphatic rings. The van der Waals surface area contributed by atoms with Crippen LogP contribution in [0.15, 0.2) is 53.4 Å². The van der Waals surface area contributed by atoms with Crippen LogP contribution in [0.5, 0.6) is 5.75 Å². The van der Waals surface area contributed by atoms with Crippen LogP contribution in [0.2, 0.25) is 0 Å². The van der Waals surface area contributed by atoms with Gasteiger partial charge in [0.25, 0.3) is 0 Å². The SMILES string of the molecule is COc1ccc(S(=O)(=O)N[C@@H](Cc2ccccc2)C(=O)NC2CC2)cc1C. The first-order valence-corrected chi connectivity index (χ1v) is 10.4. The van der Waals surface area contributed by atoms with Crippen molar-refractivity contribution in [3.05, 3.63) is 59.7 Å². The van der Waals surface area contributed by atoms with Gasteiger partial charge in [0.2, 0.25) is 15.9 Å². The number of ether oxygens (including phenoxy) is 1. The quantitative estimate of drug-likeness (QED) is 0.726. The topological polar surface area (TPSA) is 84.5 Å². The van der Waals surface area contributed by atoms with Gasteiger partial charge in [-0.1, -0.05) is 30.3 Å². The van der Waals surface area contributed by atoms with Crippen LogP contribution in [0, 0.1) is 6.92 Å². The van der Waals surface area contributed by atoms with Crippen LogP contribution in [0.1, 0.15) is 24.0 Å². The number of carbonyl (C=O) groups excluding carboxylic acids is 1. The van der Waals surface area contributed by atoms with Crippen molar-refractivity contribution in [3.8, 4) is 5.75 Å². The van der Waals surface area contributed by atoms with Crippen LogP contribution in [0.4, 0.5) is 0 Å². The van der Waals surface area contributed by atoms with Crippen molar-refractivity contribution >= 4 is 15.9 Å².